The molecule has 2 atom stereocenters. The normalized spacial score (nSPS) is 21.7. The Labute approximate surface area is 132 Å². The van der Waals surface area contributed by atoms with E-state index in [1.807, 2.05) is 0 Å². The van der Waals surface area contributed by atoms with Crippen LogP contribution in [0.5, 0.6) is 0 Å². The van der Waals surface area contributed by atoms with E-state index in [2.05, 4.69) is 6.92 Å². The molecule has 0 aromatic carbocycles. The molecule has 22 heavy (non-hydrogen) atoms. The number of unbranched alkanes of at least 4 members (excludes halogenated alkanes) is 1. The molecule has 0 saturated heterocycles. The SMILES string of the molecule is CCCC[C@H]1CC[C@@H](C(C(=O)OCC)C(=O)OCC)CC1=O. The van der Waals surface area contributed by atoms with Crippen LogP contribution in [0.2, 0.25) is 0 Å². The molecule has 0 N–H and O–H groups in total. The third-order valence-electron chi connectivity index (χ3n) is 4.26. The Bertz CT molecular complexity index is 373. The molecule has 126 valence electrons. The number of Topliss-reactive ketones (excluding diaryl/α,β-unsaturated/α-hetero) is 1. The molecule has 1 aliphatic carbocycles. The molecule has 1 fully saturated rings. The van der Waals surface area contributed by atoms with E-state index >= 15 is 0 Å². The standard InChI is InChI=1S/C17H28O5/c1-4-7-8-12-9-10-13(11-14(12)18)15(16(19)21-5-2)17(20)22-6-3/h12-13,15H,4-11H2,1-3H3/t12-,13+/m0/s1. The molecule has 1 saturated carbocycles. The monoisotopic (exact) mass is 312 g/mol. The molecular weight excluding hydrogens is 284 g/mol. The summed E-state index contributed by atoms with van der Waals surface area (Å²) in [6.07, 6.45) is 4.74. The second-order valence-corrected chi connectivity index (χ2v) is 5.83. The Morgan fingerprint density at radius 1 is 1.09 bits per heavy atom. The zero-order valence-corrected chi connectivity index (χ0v) is 13.9. The second kappa shape index (κ2) is 9.59. The second-order valence-electron chi connectivity index (χ2n) is 5.83. The summed E-state index contributed by atoms with van der Waals surface area (Å²) in [5, 5.41) is 0. The summed E-state index contributed by atoms with van der Waals surface area (Å²) in [6.45, 7) is 5.94. The van der Waals surface area contributed by atoms with E-state index < -0.39 is 17.9 Å². The van der Waals surface area contributed by atoms with Gasteiger partial charge in [0.1, 0.15) is 5.78 Å². The zero-order chi connectivity index (χ0) is 16.5. The van der Waals surface area contributed by atoms with Crippen molar-refractivity contribution >= 4 is 17.7 Å². The minimum absolute atomic E-state index is 0.0845. The fourth-order valence-electron chi connectivity index (χ4n) is 3.09. The highest BCUT2D eigenvalue weighted by atomic mass is 16.6. The van der Waals surface area contributed by atoms with Gasteiger partial charge in [-0.2, -0.15) is 0 Å². The van der Waals surface area contributed by atoms with Crippen LogP contribution < -0.4 is 0 Å². The lowest BCUT2D eigenvalue weighted by Gasteiger charge is -2.30. The van der Waals surface area contributed by atoms with Gasteiger partial charge in [0.2, 0.25) is 0 Å². The Morgan fingerprint density at radius 2 is 1.68 bits per heavy atom. The molecule has 0 unspecified atom stereocenters. The van der Waals surface area contributed by atoms with Gasteiger partial charge in [0.15, 0.2) is 5.92 Å². The first-order chi connectivity index (χ1) is 10.5. The number of hydrogen-bond acceptors (Lipinski definition) is 5. The highest BCUT2D eigenvalue weighted by molar-refractivity contribution is 5.96. The number of rotatable bonds is 8. The van der Waals surface area contributed by atoms with Gasteiger partial charge in [0.25, 0.3) is 0 Å². The summed E-state index contributed by atoms with van der Waals surface area (Å²) in [5.41, 5.74) is 0. The van der Waals surface area contributed by atoms with Crippen molar-refractivity contribution in [3.63, 3.8) is 0 Å². The zero-order valence-electron chi connectivity index (χ0n) is 13.9. The van der Waals surface area contributed by atoms with E-state index in [9.17, 15) is 14.4 Å². The summed E-state index contributed by atoms with van der Waals surface area (Å²) >= 11 is 0. The van der Waals surface area contributed by atoms with Crippen molar-refractivity contribution in [2.24, 2.45) is 17.8 Å². The Hall–Kier alpha value is -1.39. The van der Waals surface area contributed by atoms with E-state index in [1.165, 1.54) is 0 Å². The van der Waals surface area contributed by atoms with Crippen LogP contribution in [0.4, 0.5) is 0 Å². The van der Waals surface area contributed by atoms with Crippen LogP contribution in [-0.2, 0) is 23.9 Å². The maximum Gasteiger partial charge on any atom is 0.320 e. The lowest BCUT2D eigenvalue weighted by molar-refractivity contribution is -0.165. The molecular formula is C17H28O5. The number of ketones is 1. The summed E-state index contributed by atoms with van der Waals surface area (Å²) in [6, 6.07) is 0. The molecule has 0 heterocycles. The van der Waals surface area contributed by atoms with Gasteiger partial charge in [-0.05, 0) is 39.0 Å². The van der Waals surface area contributed by atoms with Gasteiger partial charge >= 0.3 is 11.9 Å². The largest absolute Gasteiger partial charge is 0.465 e. The van der Waals surface area contributed by atoms with Gasteiger partial charge in [0, 0.05) is 12.3 Å². The molecule has 1 aliphatic rings. The first kappa shape index (κ1) is 18.7. The van der Waals surface area contributed by atoms with Crippen molar-refractivity contribution in [2.75, 3.05) is 13.2 Å². The molecule has 0 spiro atoms. The van der Waals surface area contributed by atoms with Crippen LogP contribution in [0.25, 0.3) is 0 Å². The number of esters is 2. The summed E-state index contributed by atoms with van der Waals surface area (Å²) < 4.78 is 10.0. The summed E-state index contributed by atoms with van der Waals surface area (Å²) in [4.78, 5) is 36.4. The minimum atomic E-state index is -0.962. The van der Waals surface area contributed by atoms with Crippen molar-refractivity contribution < 1.29 is 23.9 Å². The maximum absolute atomic E-state index is 12.3. The van der Waals surface area contributed by atoms with Gasteiger partial charge in [-0.3, -0.25) is 14.4 Å². The minimum Gasteiger partial charge on any atom is -0.465 e. The summed E-state index contributed by atoms with van der Waals surface area (Å²) in [5.74, 6) is -2.12. The fraction of sp³-hybridized carbons (Fsp3) is 0.824. The van der Waals surface area contributed by atoms with Crippen molar-refractivity contribution in [1.29, 1.82) is 0 Å². The molecule has 0 aromatic heterocycles. The quantitative estimate of drug-likeness (QED) is 0.509. The number of hydrogen-bond donors (Lipinski definition) is 0. The lowest BCUT2D eigenvalue weighted by Crippen LogP contribution is -2.39. The molecule has 5 heteroatoms. The van der Waals surface area contributed by atoms with Crippen molar-refractivity contribution in [3.8, 4) is 0 Å². The predicted octanol–water partition coefficient (Wildman–Crippen LogP) is 2.90. The van der Waals surface area contributed by atoms with Gasteiger partial charge in [-0.15, -0.1) is 0 Å². The van der Waals surface area contributed by atoms with Crippen LogP contribution in [0.1, 0.15) is 59.3 Å². The van der Waals surface area contributed by atoms with Crippen LogP contribution in [-0.4, -0.2) is 30.9 Å². The molecule has 0 amide bonds. The first-order valence-electron chi connectivity index (χ1n) is 8.41. The number of carbonyl (C=O) groups excluding carboxylic acids is 3. The first-order valence-corrected chi connectivity index (χ1v) is 8.41. The van der Waals surface area contributed by atoms with Gasteiger partial charge in [-0.25, -0.2) is 0 Å². The number of ether oxygens (including phenoxy) is 2. The Balaban J connectivity index is 2.73. The average Bonchev–Trinajstić information content (AvgIpc) is 2.47. The van der Waals surface area contributed by atoms with Crippen LogP contribution in [0.15, 0.2) is 0 Å². The highest BCUT2D eigenvalue weighted by Crippen LogP contribution is 2.34. The molecule has 1 rings (SSSR count). The molecule has 0 bridgehead atoms. The molecule has 0 aliphatic heterocycles. The molecule has 0 radical (unpaired) electrons. The topological polar surface area (TPSA) is 69.7 Å². The van der Waals surface area contributed by atoms with E-state index in [4.69, 9.17) is 9.47 Å². The van der Waals surface area contributed by atoms with Crippen molar-refractivity contribution in [2.45, 2.75) is 59.3 Å². The maximum atomic E-state index is 12.3. The molecule has 0 aromatic rings. The third kappa shape index (κ3) is 5.11. The molecule has 5 nitrogen and oxygen atoms in total. The van der Waals surface area contributed by atoms with Gasteiger partial charge in [0.05, 0.1) is 13.2 Å². The third-order valence-corrected chi connectivity index (χ3v) is 4.26. The predicted molar refractivity (Wildman–Crippen MR) is 82.1 cm³/mol. The van der Waals surface area contributed by atoms with E-state index in [-0.39, 0.29) is 37.3 Å². The van der Waals surface area contributed by atoms with Crippen LogP contribution in [0, 0.1) is 17.8 Å². The highest BCUT2D eigenvalue weighted by Gasteiger charge is 2.41. The fourth-order valence-corrected chi connectivity index (χ4v) is 3.09. The number of carbonyl (C=O) groups is 3. The van der Waals surface area contributed by atoms with Crippen molar-refractivity contribution in [3.05, 3.63) is 0 Å². The van der Waals surface area contributed by atoms with Crippen LogP contribution >= 0.6 is 0 Å². The van der Waals surface area contributed by atoms with E-state index in [1.54, 1.807) is 13.8 Å². The van der Waals surface area contributed by atoms with Gasteiger partial charge in [-0.1, -0.05) is 19.8 Å². The van der Waals surface area contributed by atoms with E-state index in [0.717, 1.165) is 25.7 Å². The van der Waals surface area contributed by atoms with Crippen molar-refractivity contribution in [1.82, 2.24) is 0 Å². The van der Waals surface area contributed by atoms with Gasteiger partial charge < -0.3 is 9.47 Å². The Kier molecular flexibility index (Phi) is 8.13. The smallest absolute Gasteiger partial charge is 0.320 e. The average molecular weight is 312 g/mol. The summed E-state index contributed by atoms with van der Waals surface area (Å²) in [7, 11) is 0. The van der Waals surface area contributed by atoms with Crippen LogP contribution in [0.3, 0.4) is 0 Å². The lowest BCUT2D eigenvalue weighted by atomic mass is 9.73. The Morgan fingerprint density at radius 3 is 2.14 bits per heavy atom. The van der Waals surface area contributed by atoms with E-state index in [0.29, 0.717) is 6.42 Å².